The zero-order chi connectivity index (χ0) is 23.5. The third-order valence-corrected chi connectivity index (χ3v) is 5.87. The van der Waals surface area contributed by atoms with E-state index >= 15 is 0 Å². The normalized spacial score (nSPS) is 17.3. The molecule has 4 rings (SSSR count). The van der Waals surface area contributed by atoms with Crippen molar-refractivity contribution in [1.82, 2.24) is 15.5 Å². The van der Waals surface area contributed by atoms with Gasteiger partial charge in [0, 0.05) is 6.54 Å². The van der Waals surface area contributed by atoms with Crippen molar-refractivity contribution in [2.75, 3.05) is 41.5 Å². The van der Waals surface area contributed by atoms with Gasteiger partial charge < -0.3 is 34.5 Å². The molecule has 0 aromatic heterocycles. The van der Waals surface area contributed by atoms with Crippen LogP contribution in [-0.2, 0) is 11.2 Å². The fraction of sp³-hybridized carbons (Fsp3) is 0.333. The minimum absolute atomic E-state index is 0.121. The number of methoxy groups -OCH3 is 4. The SMILES string of the molecule is COc1ccc(CCN2CC3=C(C2=O)C(c2cc(OC)c(OC)c(OC)c2)NC(=O)N3)cc1. The smallest absolute Gasteiger partial charge is 0.319 e. The lowest BCUT2D eigenvalue weighted by atomic mass is 9.95. The van der Waals surface area contributed by atoms with Crippen LogP contribution in [0.15, 0.2) is 47.7 Å². The second-order valence-electron chi connectivity index (χ2n) is 7.71. The van der Waals surface area contributed by atoms with Gasteiger partial charge in [-0.15, -0.1) is 0 Å². The van der Waals surface area contributed by atoms with Crippen LogP contribution < -0.4 is 29.6 Å². The highest BCUT2D eigenvalue weighted by atomic mass is 16.5. The molecule has 9 nitrogen and oxygen atoms in total. The molecular formula is C24H27N3O6. The molecule has 0 spiro atoms. The molecule has 0 saturated heterocycles. The number of amides is 3. The van der Waals surface area contributed by atoms with Crippen molar-refractivity contribution in [1.29, 1.82) is 0 Å². The van der Waals surface area contributed by atoms with E-state index in [1.807, 2.05) is 24.3 Å². The Morgan fingerprint density at radius 2 is 1.61 bits per heavy atom. The number of carbonyl (C=O) groups is 2. The first-order valence-electron chi connectivity index (χ1n) is 10.5. The van der Waals surface area contributed by atoms with Crippen molar-refractivity contribution in [3.05, 3.63) is 58.8 Å². The van der Waals surface area contributed by atoms with E-state index in [4.69, 9.17) is 18.9 Å². The Kier molecular flexibility index (Phi) is 6.30. The Morgan fingerprint density at radius 1 is 0.939 bits per heavy atom. The second-order valence-corrected chi connectivity index (χ2v) is 7.71. The molecule has 0 aliphatic carbocycles. The summed E-state index contributed by atoms with van der Waals surface area (Å²) in [4.78, 5) is 27.5. The molecule has 2 aromatic carbocycles. The molecule has 1 unspecified atom stereocenters. The number of hydrogen-bond acceptors (Lipinski definition) is 6. The summed E-state index contributed by atoms with van der Waals surface area (Å²) in [7, 11) is 6.19. The zero-order valence-electron chi connectivity index (χ0n) is 19.1. The molecule has 0 radical (unpaired) electrons. The molecule has 33 heavy (non-hydrogen) atoms. The molecule has 2 aromatic rings. The van der Waals surface area contributed by atoms with E-state index in [-0.39, 0.29) is 11.9 Å². The monoisotopic (exact) mass is 453 g/mol. The Morgan fingerprint density at radius 3 is 2.18 bits per heavy atom. The van der Waals surface area contributed by atoms with E-state index in [1.54, 1.807) is 24.1 Å². The first-order chi connectivity index (χ1) is 16.0. The number of urea groups is 1. The summed E-state index contributed by atoms with van der Waals surface area (Å²) in [6.45, 7) is 0.870. The molecule has 9 heteroatoms. The summed E-state index contributed by atoms with van der Waals surface area (Å²) in [6, 6.07) is 10.2. The number of carbonyl (C=O) groups excluding carboxylic acids is 2. The summed E-state index contributed by atoms with van der Waals surface area (Å²) < 4.78 is 21.5. The van der Waals surface area contributed by atoms with Gasteiger partial charge in [-0.2, -0.15) is 0 Å². The van der Waals surface area contributed by atoms with Gasteiger partial charge in [-0.25, -0.2) is 4.79 Å². The summed E-state index contributed by atoms with van der Waals surface area (Å²) in [5.74, 6) is 2.00. The highest BCUT2D eigenvalue weighted by molar-refractivity contribution is 6.01. The largest absolute Gasteiger partial charge is 0.497 e. The van der Waals surface area contributed by atoms with Gasteiger partial charge in [0.25, 0.3) is 5.91 Å². The third-order valence-electron chi connectivity index (χ3n) is 5.87. The highest BCUT2D eigenvalue weighted by Gasteiger charge is 2.40. The van der Waals surface area contributed by atoms with Gasteiger partial charge in [0.2, 0.25) is 5.75 Å². The van der Waals surface area contributed by atoms with E-state index in [2.05, 4.69) is 10.6 Å². The molecule has 3 amide bonds. The Bertz CT molecular complexity index is 1070. The molecule has 2 N–H and O–H groups in total. The quantitative estimate of drug-likeness (QED) is 0.637. The van der Waals surface area contributed by atoms with Crippen molar-refractivity contribution in [2.45, 2.75) is 12.5 Å². The highest BCUT2D eigenvalue weighted by Crippen LogP contribution is 2.42. The van der Waals surface area contributed by atoms with Crippen LogP contribution in [0.5, 0.6) is 23.0 Å². The Labute approximate surface area is 192 Å². The standard InChI is InChI=1S/C24H27N3O6/c1-30-16-7-5-14(6-8-16)9-10-27-13-17-20(23(27)28)21(26-24(29)25-17)15-11-18(31-2)22(33-4)19(12-15)32-3/h5-8,11-12,21H,9-10,13H2,1-4H3,(H2,25,26,29). The van der Waals surface area contributed by atoms with Crippen molar-refractivity contribution >= 4 is 11.9 Å². The van der Waals surface area contributed by atoms with E-state index in [9.17, 15) is 9.59 Å². The summed E-state index contributed by atoms with van der Waals surface area (Å²) in [5, 5.41) is 5.66. The van der Waals surface area contributed by atoms with Crippen LogP contribution >= 0.6 is 0 Å². The third kappa shape index (κ3) is 4.26. The number of nitrogens with zero attached hydrogens (tertiary/aromatic N) is 1. The number of nitrogens with one attached hydrogen (secondary N) is 2. The summed E-state index contributed by atoms with van der Waals surface area (Å²) in [6.07, 6.45) is 0.687. The lowest BCUT2D eigenvalue weighted by Gasteiger charge is -2.26. The van der Waals surface area contributed by atoms with Crippen LogP contribution in [0.1, 0.15) is 17.2 Å². The number of ether oxygens (including phenoxy) is 4. The van der Waals surface area contributed by atoms with Gasteiger partial charge in [-0.3, -0.25) is 4.79 Å². The molecule has 0 saturated carbocycles. The lowest BCUT2D eigenvalue weighted by Crippen LogP contribution is -2.44. The van der Waals surface area contributed by atoms with Gasteiger partial charge in [0.15, 0.2) is 11.5 Å². The fourth-order valence-corrected chi connectivity index (χ4v) is 4.18. The van der Waals surface area contributed by atoms with Gasteiger partial charge >= 0.3 is 6.03 Å². The first-order valence-corrected chi connectivity index (χ1v) is 10.5. The van der Waals surface area contributed by atoms with Crippen molar-refractivity contribution in [2.24, 2.45) is 0 Å². The average molecular weight is 453 g/mol. The van der Waals surface area contributed by atoms with Crippen molar-refractivity contribution in [3.63, 3.8) is 0 Å². The Balaban J connectivity index is 1.58. The summed E-state index contributed by atoms with van der Waals surface area (Å²) >= 11 is 0. The molecule has 2 aliphatic rings. The molecule has 174 valence electrons. The van der Waals surface area contributed by atoms with Crippen LogP contribution in [0.2, 0.25) is 0 Å². The minimum Gasteiger partial charge on any atom is -0.497 e. The predicted octanol–water partition coefficient (Wildman–Crippen LogP) is 2.41. The summed E-state index contributed by atoms with van der Waals surface area (Å²) in [5.41, 5.74) is 2.88. The first kappa shape index (κ1) is 22.3. The van der Waals surface area contributed by atoms with Gasteiger partial charge in [0.05, 0.1) is 52.3 Å². The number of hydrogen-bond donors (Lipinski definition) is 2. The maximum atomic E-state index is 13.4. The predicted molar refractivity (Wildman–Crippen MR) is 121 cm³/mol. The zero-order valence-corrected chi connectivity index (χ0v) is 19.1. The van der Waals surface area contributed by atoms with Crippen LogP contribution in [0, 0.1) is 0 Å². The van der Waals surface area contributed by atoms with Crippen molar-refractivity contribution < 1.29 is 28.5 Å². The molecule has 0 bridgehead atoms. The lowest BCUT2D eigenvalue weighted by molar-refractivity contribution is -0.125. The number of rotatable bonds is 8. The van der Waals surface area contributed by atoms with Crippen LogP contribution in [0.4, 0.5) is 4.79 Å². The van der Waals surface area contributed by atoms with E-state index in [0.29, 0.717) is 53.6 Å². The minimum atomic E-state index is -0.638. The molecular weight excluding hydrogens is 426 g/mol. The Hall–Kier alpha value is -3.88. The fourth-order valence-electron chi connectivity index (χ4n) is 4.18. The maximum absolute atomic E-state index is 13.4. The van der Waals surface area contributed by atoms with Crippen LogP contribution in [0.3, 0.4) is 0 Å². The van der Waals surface area contributed by atoms with Crippen LogP contribution in [0.25, 0.3) is 0 Å². The van der Waals surface area contributed by atoms with E-state index in [1.165, 1.54) is 21.3 Å². The molecule has 1 atom stereocenters. The van der Waals surface area contributed by atoms with E-state index < -0.39 is 6.04 Å². The average Bonchev–Trinajstić information content (AvgIpc) is 3.16. The molecule has 0 fully saturated rings. The second kappa shape index (κ2) is 9.32. The number of benzene rings is 2. The van der Waals surface area contributed by atoms with Crippen molar-refractivity contribution in [3.8, 4) is 23.0 Å². The topological polar surface area (TPSA) is 98.4 Å². The molecule has 2 heterocycles. The maximum Gasteiger partial charge on any atom is 0.319 e. The van der Waals surface area contributed by atoms with Gasteiger partial charge in [-0.05, 0) is 41.8 Å². The van der Waals surface area contributed by atoms with Crippen LogP contribution in [-0.4, -0.2) is 58.4 Å². The van der Waals surface area contributed by atoms with E-state index in [0.717, 1.165) is 11.3 Å². The van der Waals surface area contributed by atoms with Gasteiger partial charge in [-0.1, -0.05) is 12.1 Å². The van der Waals surface area contributed by atoms with Gasteiger partial charge in [0.1, 0.15) is 5.75 Å². The molecule has 2 aliphatic heterocycles.